The number of para-hydroxylation sites is 1. The van der Waals surface area contributed by atoms with Gasteiger partial charge in [0.2, 0.25) is 11.8 Å². The maximum absolute atomic E-state index is 13.7. The Morgan fingerprint density at radius 2 is 1.90 bits per heavy atom. The van der Waals surface area contributed by atoms with Crippen LogP contribution in [0, 0.1) is 0 Å². The Morgan fingerprint density at radius 3 is 2.71 bits per heavy atom. The molecular weight excluding hydrogens is 454 g/mol. The van der Waals surface area contributed by atoms with E-state index in [1.807, 2.05) is 35.2 Å². The molecule has 5 nitrogen and oxygen atoms in total. The Hall–Kier alpha value is -2.70. The molecule has 2 N–H and O–H groups in total. The van der Waals surface area contributed by atoms with E-state index in [1.165, 1.54) is 0 Å². The minimum atomic E-state index is -0.561. The number of hydrogen-bond donors (Lipinski definition) is 2. The highest BCUT2D eigenvalue weighted by Gasteiger charge is 2.32. The largest absolute Gasteiger partial charge is 0.343 e. The van der Waals surface area contributed by atoms with Crippen molar-refractivity contribution in [2.45, 2.75) is 38.4 Å². The fourth-order valence-corrected chi connectivity index (χ4v) is 4.61. The third-order valence-corrected chi connectivity index (χ3v) is 6.39. The van der Waals surface area contributed by atoms with Crippen LogP contribution in [-0.4, -0.2) is 30.9 Å². The van der Waals surface area contributed by atoms with Gasteiger partial charge in [-0.2, -0.15) is 0 Å². The number of amides is 2. The summed E-state index contributed by atoms with van der Waals surface area (Å²) in [6, 6.07) is 19.4. The van der Waals surface area contributed by atoms with Crippen LogP contribution in [0.15, 0.2) is 65.1 Å². The average molecular weight is 480 g/mol. The molecule has 0 fully saturated rings. The first-order chi connectivity index (χ1) is 15.0. The van der Waals surface area contributed by atoms with Gasteiger partial charge >= 0.3 is 0 Å². The van der Waals surface area contributed by atoms with E-state index in [9.17, 15) is 9.59 Å². The molecule has 6 heteroatoms. The molecule has 0 saturated heterocycles. The normalized spacial score (nSPS) is 17.2. The number of fused-ring (bicyclic) bond motifs is 2. The lowest BCUT2D eigenvalue weighted by Crippen LogP contribution is -2.52. The van der Waals surface area contributed by atoms with Gasteiger partial charge in [0.25, 0.3) is 0 Å². The van der Waals surface area contributed by atoms with Crippen molar-refractivity contribution in [1.82, 2.24) is 10.6 Å². The molecule has 0 bridgehead atoms. The number of anilines is 1. The van der Waals surface area contributed by atoms with Crippen LogP contribution >= 0.6 is 15.9 Å². The van der Waals surface area contributed by atoms with Gasteiger partial charge in [0.05, 0.1) is 12.6 Å². The van der Waals surface area contributed by atoms with E-state index in [0.29, 0.717) is 13.0 Å². The monoisotopic (exact) mass is 479 g/mol. The number of halogens is 1. The Balaban J connectivity index is 1.73. The number of aryl methyl sites for hydroxylation is 1. The van der Waals surface area contributed by atoms with Crippen LogP contribution in [-0.2, 0) is 22.6 Å². The highest BCUT2D eigenvalue weighted by Crippen LogP contribution is 2.31. The highest BCUT2D eigenvalue weighted by molar-refractivity contribution is 9.10. The van der Waals surface area contributed by atoms with E-state index in [2.05, 4.69) is 56.9 Å². The molecule has 3 aromatic carbocycles. The summed E-state index contributed by atoms with van der Waals surface area (Å²) in [7, 11) is 1.74. The predicted molar refractivity (Wildman–Crippen MR) is 128 cm³/mol. The molecule has 2 unspecified atom stereocenters. The van der Waals surface area contributed by atoms with E-state index < -0.39 is 6.04 Å². The van der Waals surface area contributed by atoms with Gasteiger partial charge in [0, 0.05) is 10.2 Å². The van der Waals surface area contributed by atoms with Crippen molar-refractivity contribution in [3.05, 3.63) is 76.3 Å². The van der Waals surface area contributed by atoms with Crippen LogP contribution in [0.3, 0.4) is 0 Å². The van der Waals surface area contributed by atoms with Crippen LogP contribution in [0.25, 0.3) is 10.8 Å². The van der Waals surface area contributed by atoms with Crippen molar-refractivity contribution in [3.8, 4) is 0 Å². The average Bonchev–Trinajstić information content (AvgIpc) is 2.90. The number of carbonyl (C=O) groups is 2. The van der Waals surface area contributed by atoms with Crippen molar-refractivity contribution in [2.75, 3.05) is 11.9 Å². The minimum Gasteiger partial charge on any atom is -0.343 e. The standard InChI is InChI=1S/C25H26BrN3O2/c1-16(27-2)24(30)28-22-12-11-17-7-4-6-10-23(17)29(25(22)31)15-19-14-20(26)13-18-8-3-5-9-21(18)19/h3-10,13-14,16,22,27H,11-12,15H2,1-2H3,(H,28,30). The van der Waals surface area contributed by atoms with E-state index in [1.54, 1.807) is 14.0 Å². The summed E-state index contributed by atoms with van der Waals surface area (Å²) < 4.78 is 0.976. The molecule has 1 aliphatic rings. The summed E-state index contributed by atoms with van der Waals surface area (Å²) in [5, 5.41) is 8.13. The number of rotatable bonds is 5. The summed E-state index contributed by atoms with van der Waals surface area (Å²) in [5.74, 6) is -0.245. The van der Waals surface area contributed by atoms with Gasteiger partial charge in [-0.1, -0.05) is 58.4 Å². The van der Waals surface area contributed by atoms with Crippen LogP contribution in [0.1, 0.15) is 24.5 Å². The highest BCUT2D eigenvalue weighted by atomic mass is 79.9. The van der Waals surface area contributed by atoms with Crippen molar-refractivity contribution < 1.29 is 9.59 Å². The van der Waals surface area contributed by atoms with Crippen molar-refractivity contribution in [2.24, 2.45) is 0 Å². The van der Waals surface area contributed by atoms with E-state index in [-0.39, 0.29) is 17.9 Å². The maximum Gasteiger partial charge on any atom is 0.249 e. The summed E-state index contributed by atoms with van der Waals surface area (Å²) in [5.41, 5.74) is 3.09. The van der Waals surface area contributed by atoms with Gasteiger partial charge in [-0.15, -0.1) is 0 Å². The Morgan fingerprint density at radius 1 is 1.16 bits per heavy atom. The quantitative estimate of drug-likeness (QED) is 0.576. The van der Waals surface area contributed by atoms with Crippen molar-refractivity contribution in [3.63, 3.8) is 0 Å². The third-order valence-electron chi connectivity index (χ3n) is 5.93. The lowest BCUT2D eigenvalue weighted by molar-refractivity contribution is -0.128. The van der Waals surface area contributed by atoms with Gasteiger partial charge in [-0.3, -0.25) is 9.59 Å². The van der Waals surface area contributed by atoms with Crippen molar-refractivity contribution >= 4 is 44.2 Å². The number of likely N-dealkylation sites (N-methyl/N-ethyl adjacent to an activating group) is 1. The molecule has 160 valence electrons. The molecule has 0 aliphatic carbocycles. The zero-order valence-corrected chi connectivity index (χ0v) is 19.3. The Labute approximate surface area is 190 Å². The topological polar surface area (TPSA) is 61.4 Å². The molecule has 31 heavy (non-hydrogen) atoms. The first-order valence-corrected chi connectivity index (χ1v) is 11.3. The second-order valence-electron chi connectivity index (χ2n) is 7.95. The predicted octanol–water partition coefficient (Wildman–Crippen LogP) is 4.17. The first kappa shape index (κ1) is 21.5. The van der Waals surface area contributed by atoms with Crippen LogP contribution in [0.4, 0.5) is 5.69 Å². The van der Waals surface area contributed by atoms with E-state index in [0.717, 1.165) is 38.5 Å². The molecule has 4 rings (SSSR count). The van der Waals surface area contributed by atoms with Crippen LogP contribution < -0.4 is 15.5 Å². The number of nitrogens with zero attached hydrogens (tertiary/aromatic N) is 1. The molecule has 0 radical (unpaired) electrons. The van der Waals surface area contributed by atoms with Gasteiger partial charge in [-0.25, -0.2) is 0 Å². The summed E-state index contributed by atoms with van der Waals surface area (Å²) in [4.78, 5) is 28.0. The molecule has 3 aromatic rings. The molecule has 2 amide bonds. The number of benzene rings is 3. The summed E-state index contributed by atoms with van der Waals surface area (Å²) in [6.07, 6.45) is 1.31. The van der Waals surface area contributed by atoms with E-state index in [4.69, 9.17) is 0 Å². The van der Waals surface area contributed by atoms with E-state index >= 15 is 0 Å². The van der Waals surface area contributed by atoms with Crippen molar-refractivity contribution in [1.29, 1.82) is 0 Å². The fraction of sp³-hybridized carbons (Fsp3) is 0.280. The van der Waals surface area contributed by atoms with Gasteiger partial charge < -0.3 is 15.5 Å². The molecule has 1 aliphatic heterocycles. The summed E-state index contributed by atoms with van der Waals surface area (Å²) >= 11 is 3.61. The van der Waals surface area contributed by atoms with Crippen LogP contribution in [0.2, 0.25) is 0 Å². The lowest BCUT2D eigenvalue weighted by Gasteiger charge is -2.27. The minimum absolute atomic E-state index is 0.0781. The first-order valence-electron chi connectivity index (χ1n) is 10.5. The Kier molecular flexibility index (Phi) is 6.39. The van der Waals surface area contributed by atoms with Crippen LogP contribution in [0.5, 0.6) is 0 Å². The zero-order chi connectivity index (χ0) is 22.0. The molecule has 0 spiro atoms. The molecule has 0 saturated carbocycles. The number of hydrogen-bond acceptors (Lipinski definition) is 3. The zero-order valence-electron chi connectivity index (χ0n) is 17.7. The molecule has 1 heterocycles. The molecule has 0 aromatic heterocycles. The Bertz CT molecular complexity index is 1130. The van der Waals surface area contributed by atoms with Gasteiger partial charge in [0.1, 0.15) is 6.04 Å². The molecule has 2 atom stereocenters. The third kappa shape index (κ3) is 4.50. The summed E-state index contributed by atoms with van der Waals surface area (Å²) in [6.45, 7) is 2.22. The number of carbonyl (C=O) groups excluding carboxylic acids is 2. The number of nitrogens with one attached hydrogen (secondary N) is 2. The second-order valence-corrected chi connectivity index (χ2v) is 8.87. The van der Waals surface area contributed by atoms with Gasteiger partial charge in [-0.05, 0) is 66.9 Å². The lowest BCUT2D eigenvalue weighted by atomic mass is 10.0. The second kappa shape index (κ2) is 9.20. The fourth-order valence-electron chi connectivity index (χ4n) is 4.09. The smallest absolute Gasteiger partial charge is 0.249 e. The van der Waals surface area contributed by atoms with Gasteiger partial charge in [0.15, 0.2) is 0 Å². The molecular formula is C25H26BrN3O2. The SMILES string of the molecule is CNC(C)C(=O)NC1CCc2ccccc2N(Cc2cc(Br)cc3ccccc23)C1=O. The maximum atomic E-state index is 13.7.